The van der Waals surface area contributed by atoms with Gasteiger partial charge in [-0.1, -0.05) is 30.3 Å². The van der Waals surface area contributed by atoms with Crippen LogP contribution in [0, 0.1) is 0 Å². The summed E-state index contributed by atoms with van der Waals surface area (Å²) < 4.78 is 0. The summed E-state index contributed by atoms with van der Waals surface area (Å²) in [7, 11) is 0. The number of rotatable bonds is 14. The molecule has 2 aromatic rings. The molecule has 14 nitrogen and oxygen atoms in total. The van der Waals surface area contributed by atoms with Crippen LogP contribution >= 0.6 is 0 Å². The Bertz CT molecular complexity index is 1080. The van der Waals surface area contributed by atoms with Gasteiger partial charge in [0.15, 0.2) is 0 Å². The molecule has 5 unspecified atom stereocenters. The van der Waals surface area contributed by atoms with Gasteiger partial charge >= 0.3 is 11.9 Å². The number of aliphatic carboxylic acids is 2. The van der Waals surface area contributed by atoms with Gasteiger partial charge in [-0.2, -0.15) is 0 Å². The fourth-order valence-corrected chi connectivity index (χ4v) is 3.36. The Labute approximate surface area is 211 Å². The van der Waals surface area contributed by atoms with Gasteiger partial charge in [-0.05, 0) is 18.9 Å². The number of benzene rings is 1. The second-order valence-corrected chi connectivity index (χ2v) is 8.36. The third kappa shape index (κ3) is 9.35. The van der Waals surface area contributed by atoms with Crippen molar-refractivity contribution in [2.75, 3.05) is 0 Å². The zero-order valence-electron chi connectivity index (χ0n) is 20.0. The summed E-state index contributed by atoms with van der Waals surface area (Å²) in [6, 6.07) is 3.06. The highest BCUT2D eigenvalue weighted by atomic mass is 16.4. The predicted octanol–water partition coefficient (Wildman–Crippen LogP) is -2.08. The third-order valence-electron chi connectivity index (χ3n) is 5.30. The fourth-order valence-electron chi connectivity index (χ4n) is 3.36. The summed E-state index contributed by atoms with van der Waals surface area (Å²) in [5.74, 6) is -5.75. The van der Waals surface area contributed by atoms with Crippen LogP contribution in [0.2, 0.25) is 0 Å². The van der Waals surface area contributed by atoms with Crippen molar-refractivity contribution in [3.63, 3.8) is 0 Å². The molecule has 0 aliphatic carbocycles. The molecule has 200 valence electrons. The number of carboxylic acid groups (broad SMARTS) is 2. The van der Waals surface area contributed by atoms with E-state index in [2.05, 4.69) is 25.9 Å². The lowest BCUT2D eigenvalue weighted by atomic mass is 10.0. The zero-order chi connectivity index (χ0) is 27.5. The highest BCUT2D eigenvalue weighted by Gasteiger charge is 2.33. The molecular weight excluding hydrogens is 488 g/mol. The standard InChI is InChI=1S/C23H30N6O8/c1-12(30)19(29-20(33)15(24)7-13-5-3-2-4-6-13)22(35)27-16(9-18(31)32)21(34)28-17(23(36)37)8-14-10-25-11-26-14/h2-6,10-12,15-17,19,30H,7-9,24H2,1H3,(H,25,26)(H,27,35)(H,28,34)(H,29,33)(H,31,32)(H,36,37). The Balaban J connectivity index is 2.09. The van der Waals surface area contributed by atoms with Crippen LogP contribution in [-0.4, -0.2) is 85.2 Å². The van der Waals surface area contributed by atoms with E-state index < -0.39 is 66.4 Å². The maximum absolute atomic E-state index is 12.8. The summed E-state index contributed by atoms with van der Waals surface area (Å²) in [4.78, 5) is 67.5. The van der Waals surface area contributed by atoms with Gasteiger partial charge in [0.1, 0.15) is 18.1 Å². The van der Waals surface area contributed by atoms with Gasteiger partial charge in [0, 0.05) is 18.3 Å². The number of amides is 3. The second-order valence-electron chi connectivity index (χ2n) is 8.36. The number of carboxylic acids is 2. The Morgan fingerprint density at radius 3 is 2.14 bits per heavy atom. The van der Waals surface area contributed by atoms with Crippen LogP contribution in [0.1, 0.15) is 24.6 Å². The lowest BCUT2D eigenvalue weighted by Gasteiger charge is -2.26. The minimum atomic E-state index is -1.70. The normalized spacial score (nSPS) is 14.9. The number of hydrogen-bond donors (Lipinski definition) is 8. The number of hydrogen-bond acceptors (Lipinski definition) is 8. The van der Waals surface area contributed by atoms with E-state index in [4.69, 9.17) is 5.73 Å². The van der Waals surface area contributed by atoms with Crippen molar-refractivity contribution in [3.8, 4) is 0 Å². The van der Waals surface area contributed by atoms with Gasteiger partial charge in [0.2, 0.25) is 17.7 Å². The first-order chi connectivity index (χ1) is 17.5. The number of aliphatic hydroxyl groups is 1. The lowest BCUT2D eigenvalue weighted by Crippen LogP contribution is -2.60. The molecule has 0 bridgehead atoms. The van der Waals surface area contributed by atoms with Crippen LogP contribution in [0.4, 0.5) is 0 Å². The molecule has 1 heterocycles. The molecule has 14 heteroatoms. The summed E-state index contributed by atoms with van der Waals surface area (Å²) in [5.41, 5.74) is 7.09. The summed E-state index contributed by atoms with van der Waals surface area (Å²) >= 11 is 0. The molecular formula is C23H30N6O8. The minimum absolute atomic E-state index is 0.151. The number of carbonyl (C=O) groups excluding carboxylic acids is 3. The molecule has 5 atom stereocenters. The van der Waals surface area contributed by atoms with Gasteiger partial charge in [0.25, 0.3) is 0 Å². The van der Waals surface area contributed by atoms with Gasteiger partial charge in [-0.25, -0.2) is 9.78 Å². The summed E-state index contributed by atoms with van der Waals surface area (Å²) in [5, 5.41) is 35.4. The number of H-pyrrole nitrogens is 1. The molecule has 0 saturated carbocycles. The first kappa shape index (κ1) is 28.9. The fraction of sp³-hybridized carbons (Fsp3) is 0.391. The first-order valence-corrected chi connectivity index (χ1v) is 11.3. The lowest BCUT2D eigenvalue weighted by molar-refractivity contribution is -0.143. The number of aromatic amines is 1. The zero-order valence-corrected chi connectivity index (χ0v) is 20.0. The topological polar surface area (TPSA) is 237 Å². The summed E-state index contributed by atoms with van der Waals surface area (Å²) in [6.45, 7) is 1.21. The molecule has 9 N–H and O–H groups in total. The van der Waals surface area contributed by atoms with Crippen LogP contribution < -0.4 is 21.7 Å². The Kier molecular flexibility index (Phi) is 10.7. The van der Waals surface area contributed by atoms with Crippen LogP contribution in [-0.2, 0) is 36.8 Å². The van der Waals surface area contributed by atoms with Gasteiger partial charge in [-0.15, -0.1) is 0 Å². The van der Waals surface area contributed by atoms with Gasteiger partial charge in [-0.3, -0.25) is 19.2 Å². The van der Waals surface area contributed by atoms with Crippen molar-refractivity contribution < 1.29 is 39.3 Å². The summed E-state index contributed by atoms with van der Waals surface area (Å²) in [6.07, 6.45) is 0.324. The van der Waals surface area contributed by atoms with E-state index >= 15 is 0 Å². The Hall–Kier alpha value is -4.30. The van der Waals surface area contributed by atoms with E-state index in [0.717, 1.165) is 5.56 Å². The van der Waals surface area contributed by atoms with Crippen molar-refractivity contribution in [1.29, 1.82) is 0 Å². The van der Waals surface area contributed by atoms with E-state index in [-0.39, 0.29) is 12.8 Å². The first-order valence-electron chi connectivity index (χ1n) is 11.3. The molecule has 0 saturated heterocycles. The molecule has 0 radical (unpaired) electrons. The second kappa shape index (κ2) is 13.7. The van der Waals surface area contributed by atoms with E-state index in [9.17, 15) is 39.3 Å². The quantitative estimate of drug-likeness (QED) is 0.136. The van der Waals surface area contributed by atoms with E-state index in [1.54, 1.807) is 30.3 Å². The van der Waals surface area contributed by atoms with Crippen LogP contribution in [0.5, 0.6) is 0 Å². The van der Waals surface area contributed by atoms with Crippen molar-refractivity contribution in [2.45, 2.75) is 56.5 Å². The molecule has 3 amide bonds. The monoisotopic (exact) mass is 518 g/mol. The largest absolute Gasteiger partial charge is 0.481 e. The molecule has 0 aliphatic heterocycles. The van der Waals surface area contributed by atoms with Gasteiger partial charge in [0.05, 0.1) is 24.9 Å². The Morgan fingerprint density at radius 1 is 0.946 bits per heavy atom. The average molecular weight is 519 g/mol. The highest BCUT2D eigenvalue weighted by molar-refractivity contribution is 5.95. The molecule has 0 fully saturated rings. The molecule has 2 rings (SSSR count). The molecule has 1 aromatic carbocycles. The maximum Gasteiger partial charge on any atom is 0.326 e. The number of aromatic nitrogens is 2. The van der Waals surface area contributed by atoms with E-state index in [1.807, 2.05) is 0 Å². The van der Waals surface area contributed by atoms with Gasteiger partial charge < -0.3 is 42.0 Å². The minimum Gasteiger partial charge on any atom is -0.481 e. The van der Waals surface area contributed by atoms with Crippen molar-refractivity contribution in [2.24, 2.45) is 5.73 Å². The number of nitrogens with two attached hydrogens (primary N) is 1. The van der Waals surface area contributed by atoms with E-state index in [0.29, 0.717) is 5.69 Å². The Morgan fingerprint density at radius 2 is 1.59 bits per heavy atom. The number of imidazole rings is 1. The average Bonchev–Trinajstić information content (AvgIpc) is 3.34. The third-order valence-corrected chi connectivity index (χ3v) is 5.30. The van der Waals surface area contributed by atoms with Crippen LogP contribution in [0.15, 0.2) is 42.9 Å². The van der Waals surface area contributed by atoms with Crippen molar-refractivity contribution >= 4 is 29.7 Å². The molecule has 0 aliphatic rings. The number of carbonyl (C=O) groups is 5. The van der Waals surface area contributed by atoms with Crippen molar-refractivity contribution in [1.82, 2.24) is 25.9 Å². The van der Waals surface area contributed by atoms with E-state index in [1.165, 1.54) is 19.4 Å². The van der Waals surface area contributed by atoms with Crippen LogP contribution in [0.3, 0.4) is 0 Å². The van der Waals surface area contributed by atoms with Crippen molar-refractivity contribution in [3.05, 3.63) is 54.1 Å². The SMILES string of the molecule is CC(O)C(NC(=O)C(N)Cc1ccccc1)C(=O)NC(CC(=O)O)C(=O)NC(Cc1cnc[nH]1)C(=O)O. The smallest absolute Gasteiger partial charge is 0.326 e. The molecule has 1 aromatic heterocycles. The molecule has 0 spiro atoms. The number of nitrogens with zero attached hydrogens (tertiary/aromatic N) is 1. The molecule has 37 heavy (non-hydrogen) atoms. The number of nitrogens with one attached hydrogen (secondary N) is 4. The predicted molar refractivity (Wildman–Crippen MR) is 128 cm³/mol. The number of aliphatic hydroxyl groups excluding tert-OH is 1. The van der Waals surface area contributed by atoms with Crippen LogP contribution in [0.25, 0.3) is 0 Å². The highest BCUT2D eigenvalue weighted by Crippen LogP contribution is 2.05. The maximum atomic E-state index is 12.8.